The lowest BCUT2D eigenvalue weighted by Gasteiger charge is -2.39. The zero-order valence-electron chi connectivity index (χ0n) is 10.9. The lowest BCUT2D eigenvalue weighted by molar-refractivity contribution is -0.0209. The molecule has 0 aliphatic carbocycles. The Bertz CT molecular complexity index is 377. The Morgan fingerprint density at radius 3 is 2.88 bits per heavy atom. The van der Waals surface area contributed by atoms with Gasteiger partial charge in [-0.1, -0.05) is 0 Å². The molecular weight excluding hydrogens is 232 g/mol. The number of hydrogen-bond donors (Lipinski definition) is 1. The Morgan fingerprint density at radius 1 is 1.59 bits per heavy atom. The van der Waals surface area contributed by atoms with Crippen LogP contribution in [-0.2, 0) is 4.74 Å². The molecule has 0 saturated carbocycles. The van der Waals surface area contributed by atoms with Crippen molar-refractivity contribution in [3.05, 3.63) is 21.4 Å². The number of rotatable bonds is 3. The summed E-state index contributed by atoms with van der Waals surface area (Å²) in [5, 5.41) is 0. The molecule has 1 aliphatic rings. The summed E-state index contributed by atoms with van der Waals surface area (Å²) in [6.07, 6.45) is 0. The average molecular weight is 254 g/mol. The highest BCUT2D eigenvalue weighted by molar-refractivity contribution is 7.12. The summed E-state index contributed by atoms with van der Waals surface area (Å²) in [7, 11) is 0. The summed E-state index contributed by atoms with van der Waals surface area (Å²) in [5.41, 5.74) is 7.40. The molecule has 0 aromatic carbocycles. The molecule has 96 valence electrons. The number of hydrogen-bond acceptors (Lipinski definition) is 4. The van der Waals surface area contributed by atoms with Gasteiger partial charge in [0.1, 0.15) is 0 Å². The Labute approximate surface area is 108 Å². The highest BCUT2D eigenvalue weighted by Crippen LogP contribution is 2.31. The SMILES string of the molecule is Cc1cc(C(CN)N2CCOCC2C)c(C)s1. The standard InChI is InChI=1S/C13H22N2OS/c1-9-8-16-5-4-15(9)13(7-14)12-6-10(2)17-11(12)3/h6,9,13H,4-5,7-8,14H2,1-3H3. The Kier molecular flexibility index (Phi) is 4.20. The highest BCUT2D eigenvalue weighted by Gasteiger charge is 2.28. The third-order valence-electron chi connectivity index (χ3n) is 3.48. The van der Waals surface area contributed by atoms with Crippen LogP contribution in [0.4, 0.5) is 0 Å². The van der Waals surface area contributed by atoms with Gasteiger partial charge in [0.15, 0.2) is 0 Å². The van der Waals surface area contributed by atoms with Gasteiger partial charge in [0, 0.05) is 34.9 Å². The topological polar surface area (TPSA) is 38.5 Å². The van der Waals surface area contributed by atoms with Crippen LogP contribution in [0.15, 0.2) is 6.07 Å². The molecule has 3 nitrogen and oxygen atoms in total. The number of nitrogens with two attached hydrogens (primary N) is 1. The van der Waals surface area contributed by atoms with E-state index in [0.717, 1.165) is 19.8 Å². The molecule has 17 heavy (non-hydrogen) atoms. The molecule has 2 atom stereocenters. The maximum absolute atomic E-state index is 6.00. The van der Waals surface area contributed by atoms with Crippen LogP contribution < -0.4 is 5.73 Å². The molecule has 1 aromatic rings. The van der Waals surface area contributed by atoms with Crippen LogP contribution in [0.25, 0.3) is 0 Å². The molecule has 2 heterocycles. The van der Waals surface area contributed by atoms with Gasteiger partial charge in [-0.15, -0.1) is 11.3 Å². The smallest absolute Gasteiger partial charge is 0.0620 e. The van der Waals surface area contributed by atoms with Crippen LogP contribution in [0.1, 0.15) is 28.3 Å². The fourth-order valence-electron chi connectivity index (χ4n) is 2.63. The van der Waals surface area contributed by atoms with Crippen molar-refractivity contribution in [1.29, 1.82) is 0 Å². The van der Waals surface area contributed by atoms with Crippen LogP contribution in [0.5, 0.6) is 0 Å². The van der Waals surface area contributed by atoms with Crippen LogP contribution >= 0.6 is 11.3 Å². The molecule has 2 unspecified atom stereocenters. The Morgan fingerprint density at radius 2 is 2.35 bits per heavy atom. The first-order valence-electron chi connectivity index (χ1n) is 6.24. The van der Waals surface area contributed by atoms with E-state index in [0.29, 0.717) is 18.6 Å². The number of morpholine rings is 1. The minimum Gasteiger partial charge on any atom is -0.379 e. The van der Waals surface area contributed by atoms with Crippen molar-refractivity contribution in [2.24, 2.45) is 5.73 Å². The van der Waals surface area contributed by atoms with Crippen LogP contribution in [0.3, 0.4) is 0 Å². The van der Waals surface area contributed by atoms with Crippen molar-refractivity contribution in [3.63, 3.8) is 0 Å². The van der Waals surface area contributed by atoms with Gasteiger partial charge in [-0.05, 0) is 32.4 Å². The van der Waals surface area contributed by atoms with E-state index in [1.807, 2.05) is 11.3 Å². The zero-order valence-corrected chi connectivity index (χ0v) is 11.7. The molecule has 0 amide bonds. The number of ether oxygens (including phenoxy) is 1. The third kappa shape index (κ3) is 2.71. The summed E-state index contributed by atoms with van der Waals surface area (Å²) in [5.74, 6) is 0. The van der Waals surface area contributed by atoms with Crippen LogP contribution in [0, 0.1) is 13.8 Å². The molecular formula is C13H22N2OS. The lowest BCUT2D eigenvalue weighted by atomic mass is 10.0. The van der Waals surface area contributed by atoms with Crippen molar-refractivity contribution in [1.82, 2.24) is 4.90 Å². The number of nitrogens with zero attached hydrogens (tertiary/aromatic N) is 1. The molecule has 4 heteroatoms. The van der Waals surface area contributed by atoms with E-state index >= 15 is 0 Å². The van der Waals surface area contributed by atoms with E-state index in [4.69, 9.17) is 10.5 Å². The average Bonchev–Trinajstić information content (AvgIpc) is 2.62. The second-order valence-corrected chi connectivity index (χ2v) is 6.24. The lowest BCUT2D eigenvalue weighted by Crippen LogP contribution is -2.47. The second-order valence-electron chi connectivity index (χ2n) is 4.78. The summed E-state index contributed by atoms with van der Waals surface area (Å²) < 4.78 is 5.50. The van der Waals surface area contributed by atoms with Gasteiger partial charge in [-0.2, -0.15) is 0 Å². The van der Waals surface area contributed by atoms with Crippen molar-refractivity contribution in [3.8, 4) is 0 Å². The first kappa shape index (κ1) is 13.0. The Hall–Kier alpha value is -0.420. The minimum atomic E-state index is 0.346. The van der Waals surface area contributed by atoms with Crippen molar-refractivity contribution >= 4 is 11.3 Å². The van der Waals surface area contributed by atoms with Crippen molar-refractivity contribution in [2.45, 2.75) is 32.9 Å². The first-order chi connectivity index (χ1) is 8.13. The predicted molar refractivity (Wildman–Crippen MR) is 72.6 cm³/mol. The summed E-state index contributed by atoms with van der Waals surface area (Å²) in [4.78, 5) is 5.26. The minimum absolute atomic E-state index is 0.346. The Balaban J connectivity index is 2.23. The van der Waals surface area contributed by atoms with Gasteiger partial charge >= 0.3 is 0 Å². The summed E-state index contributed by atoms with van der Waals surface area (Å²) >= 11 is 1.86. The van der Waals surface area contributed by atoms with Gasteiger partial charge < -0.3 is 10.5 Å². The fourth-order valence-corrected chi connectivity index (χ4v) is 3.61. The van der Waals surface area contributed by atoms with Gasteiger partial charge in [-0.25, -0.2) is 0 Å². The second kappa shape index (κ2) is 5.48. The molecule has 1 aromatic heterocycles. The number of aryl methyl sites for hydroxylation is 2. The van der Waals surface area contributed by atoms with E-state index in [1.54, 1.807) is 0 Å². The van der Waals surface area contributed by atoms with E-state index < -0.39 is 0 Å². The molecule has 0 spiro atoms. The van der Waals surface area contributed by atoms with Crippen LogP contribution in [0.2, 0.25) is 0 Å². The van der Waals surface area contributed by atoms with E-state index in [2.05, 4.69) is 31.7 Å². The predicted octanol–water partition coefficient (Wildman–Crippen LogP) is 2.09. The quantitative estimate of drug-likeness (QED) is 0.897. The normalized spacial score (nSPS) is 23.9. The largest absolute Gasteiger partial charge is 0.379 e. The van der Waals surface area contributed by atoms with Gasteiger partial charge in [-0.3, -0.25) is 4.90 Å². The van der Waals surface area contributed by atoms with Crippen LogP contribution in [-0.4, -0.2) is 37.2 Å². The van der Waals surface area contributed by atoms with Crippen molar-refractivity contribution in [2.75, 3.05) is 26.3 Å². The number of thiophene rings is 1. The van der Waals surface area contributed by atoms with Gasteiger partial charge in [0.05, 0.1) is 13.2 Å². The van der Waals surface area contributed by atoms with E-state index in [9.17, 15) is 0 Å². The van der Waals surface area contributed by atoms with Crippen molar-refractivity contribution < 1.29 is 4.74 Å². The maximum Gasteiger partial charge on any atom is 0.0620 e. The first-order valence-corrected chi connectivity index (χ1v) is 7.05. The zero-order chi connectivity index (χ0) is 12.4. The molecule has 0 bridgehead atoms. The molecule has 2 rings (SSSR count). The molecule has 1 saturated heterocycles. The van der Waals surface area contributed by atoms with E-state index in [-0.39, 0.29) is 0 Å². The molecule has 0 radical (unpaired) electrons. The molecule has 2 N–H and O–H groups in total. The highest BCUT2D eigenvalue weighted by atomic mass is 32.1. The summed E-state index contributed by atoms with van der Waals surface area (Å²) in [6.45, 7) is 9.88. The third-order valence-corrected chi connectivity index (χ3v) is 4.46. The summed E-state index contributed by atoms with van der Waals surface area (Å²) in [6, 6.07) is 3.09. The van der Waals surface area contributed by atoms with Gasteiger partial charge in [0.25, 0.3) is 0 Å². The fraction of sp³-hybridized carbons (Fsp3) is 0.692. The van der Waals surface area contributed by atoms with E-state index in [1.165, 1.54) is 15.3 Å². The van der Waals surface area contributed by atoms with Gasteiger partial charge in [0.2, 0.25) is 0 Å². The maximum atomic E-state index is 6.00. The monoisotopic (exact) mass is 254 g/mol. The molecule has 1 aliphatic heterocycles. The molecule has 1 fully saturated rings.